The monoisotopic (exact) mass is 405 g/mol. The van der Waals surface area contributed by atoms with Crippen LogP contribution in [0.2, 0.25) is 5.02 Å². The van der Waals surface area contributed by atoms with Crippen molar-refractivity contribution in [1.82, 2.24) is 9.88 Å². The summed E-state index contributed by atoms with van der Waals surface area (Å²) in [7, 11) is 0. The number of benzene rings is 1. The van der Waals surface area contributed by atoms with Gasteiger partial charge in [-0.2, -0.15) is 11.3 Å². The van der Waals surface area contributed by atoms with E-state index in [-0.39, 0.29) is 17.7 Å². The first-order valence-corrected chi connectivity index (χ1v) is 10.4. The minimum Gasteiger partial charge on any atom is -0.339 e. The molecule has 4 rings (SSSR count). The van der Waals surface area contributed by atoms with Gasteiger partial charge in [0.1, 0.15) is 0 Å². The molecule has 134 valence electrons. The van der Waals surface area contributed by atoms with Crippen LogP contribution in [-0.4, -0.2) is 34.8 Å². The maximum absolute atomic E-state index is 12.5. The van der Waals surface area contributed by atoms with Crippen LogP contribution in [0.5, 0.6) is 0 Å². The van der Waals surface area contributed by atoms with Gasteiger partial charge in [-0.25, -0.2) is 4.98 Å². The predicted octanol–water partition coefficient (Wildman–Crippen LogP) is 4.50. The van der Waals surface area contributed by atoms with Crippen molar-refractivity contribution in [2.24, 2.45) is 5.92 Å². The molecule has 1 aliphatic rings. The molecular weight excluding hydrogens is 390 g/mol. The second-order valence-corrected chi connectivity index (χ2v) is 8.45. The average Bonchev–Trinajstić information content (AvgIpc) is 3.30. The average molecular weight is 406 g/mol. The fourth-order valence-electron chi connectivity index (χ4n) is 3.07. The number of hydrogen-bond donors (Lipinski definition) is 1. The van der Waals surface area contributed by atoms with Crippen LogP contribution >= 0.6 is 34.3 Å². The van der Waals surface area contributed by atoms with Crippen LogP contribution < -0.4 is 5.32 Å². The van der Waals surface area contributed by atoms with Crippen molar-refractivity contribution in [1.29, 1.82) is 0 Å². The molecule has 0 aliphatic carbocycles. The highest BCUT2D eigenvalue weighted by Gasteiger charge is 2.28. The van der Waals surface area contributed by atoms with E-state index in [1.165, 1.54) is 22.7 Å². The Hall–Kier alpha value is -1.96. The number of hydrogen-bond acceptors (Lipinski definition) is 5. The fourth-order valence-corrected chi connectivity index (χ4v) is 4.85. The SMILES string of the molecule is O=C(Nc1nc2ccc(Cl)cc2s1)C1CCN(C(=O)c2ccsc2)CC1. The summed E-state index contributed by atoms with van der Waals surface area (Å²) in [4.78, 5) is 31.2. The molecule has 0 spiro atoms. The number of halogens is 1. The number of nitrogens with zero attached hydrogens (tertiary/aromatic N) is 2. The summed E-state index contributed by atoms with van der Waals surface area (Å²) >= 11 is 8.92. The maximum atomic E-state index is 12.5. The summed E-state index contributed by atoms with van der Waals surface area (Å²) in [5, 5.41) is 7.92. The van der Waals surface area contributed by atoms with E-state index in [9.17, 15) is 9.59 Å². The molecule has 1 saturated heterocycles. The van der Waals surface area contributed by atoms with Crippen LogP contribution in [0.3, 0.4) is 0 Å². The Labute approximate surface area is 163 Å². The topological polar surface area (TPSA) is 62.3 Å². The molecule has 1 fully saturated rings. The Morgan fingerprint density at radius 2 is 2.04 bits per heavy atom. The number of likely N-dealkylation sites (tertiary alicyclic amines) is 1. The summed E-state index contributed by atoms with van der Waals surface area (Å²) in [5.41, 5.74) is 1.55. The molecule has 3 aromatic rings. The lowest BCUT2D eigenvalue weighted by Gasteiger charge is -2.31. The predicted molar refractivity (Wildman–Crippen MR) is 106 cm³/mol. The second kappa shape index (κ2) is 7.34. The number of amides is 2. The van der Waals surface area contributed by atoms with Crippen LogP contribution in [0.4, 0.5) is 5.13 Å². The molecule has 1 N–H and O–H groups in total. The van der Waals surface area contributed by atoms with Crippen molar-refractivity contribution in [3.63, 3.8) is 0 Å². The van der Waals surface area contributed by atoms with E-state index in [4.69, 9.17) is 11.6 Å². The quantitative estimate of drug-likeness (QED) is 0.697. The number of thiazole rings is 1. The van der Waals surface area contributed by atoms with Gasteiger partial charge in [0.05, 0.1) is 15.8 Å². The number of rotatable bonds is 3. The highest BCUT2D eigenvalue weighted by atomic mass is 35.5. The van der Waals surface area contributed by atoms with E-state index in [1.807, 2.05) is 33.9 Å². The Bertz CT molecular complexity index is 947. The van der Waals surface area contributed by atoms with Crippen LogP contribution in [0, 0.1) is 5.92 Å². The maximum Gasteiger partial charge on any atom is 0.254 e. The number of nitrogens with one attached hydrogen (secondary N) is 1. The summed E-state index contributed by atoms with van der Waals surface area (Å²) in [6, 6.07) is 7.32. The summed E-state index contributed by atoms with van der Waals surface area (Å²) < 4.78 is 0.948. The van der Waals surface area contributed by atoms with Crippen molar-refractivity contribution in [2.75, 3.05) is 18.4 Å². The van der Waals surface area contributed by atoms with Crippen molar-refractivity contribution in [3.05, 3.63) is 45.6 Å². The van der Waals surface area contributed by atoms with Gasteiger partial charge in [0.25, 0.3) is 5.91 Å². The van der Waals surface area contributed by atoms with E-state index in [2.05, 4.69) is 10.3 Å². The number of fused-ring (bicyclic) bond motifs is 1. The van der Waals surface area contributed by atoms with E-state index in [0.717, 1.165) is 15.8 Å². The fraction of sp³-hybridized carbons (Fsp3) is 0.278. The van der Waals surface area contributed by atoms with Crippen molar-refractivity contribution in [3.8, 4) is 0 Å². The third-order valence-corrected chi connectivity index (χ3v) is 6.35. The molecule has 0 unspecified atom stereocenters. The molecule has 5 nitrogen and oxygen atoms in total. The number of piperidine rings is 1. The van der Waals surface area contributed by atoms with Gasteiger partial charge in [-0.3, -0.25) is 9.59 Å². The molecule has 26 heavy (non-hydrogen) atoms. The van der Waals surface area contributed by atoms with E-state index < -0.39 is 0 Å². The molecular formula is C18H16ClN3O2S2. The molecule has 0 radical (unpaired) electrons. The number of carbonyl (C=O) groups excluding carboxylic acids is 2. The Balaban J connectivity index is 1.36. The first-order chi connectivity index (χ1) is 12.6. The Morgan fingerprint density at radius 3 is 2.77 bits per heavy atom. The standard InChI is InChI=1S/C18H16ClN3O2S2/c19-13-1-2-14-15(9-13)26-18(20-14)21-16(23)11-3-6-22(7-4-11)17(24)12-5-8-25-10-12/h1-2,5,8-11H,3-4,6-7H2,(H,20,21,23). The summed E-state index contributed by atoms with van der Waals surface area (Å²) in [6.07, 6.45) is 1.33. The minimum atomic E-state index is -0.0999. The van der Waals surface area contributed by atoms with Crippen LogP contribution in [0.25, 0.3) is 10.2 Å². The molecule has 0 atom stereocenters. The van der Waals surface area contributed by atoms with Crippen molar-refractivity contribution in [2.45, 2.75) is 12.8 Å². The van der Waals surface area contributed by atoms with Crippen LogP contribution in [-0.2, 0) is 4.79 Å². The highest BCUT2D eigenvalue weighted by Crippen LogP contribution is 2.29. The van der Waals surface area contributed by atoms with E-state index >= 15 is 0 Å². The zero-order valence-electron chi connectivity index (χ0n) is 13.8. The van der Waals surface area contributed by atoms with Gasteiger partial charge in [0.2, 0.25) is 5.91 Å². The zero-order valence-corrected chi connectivity index (χ0v) is 16.2. The third kappa shape index (κ3) is 3.60. The van der Waals surface area contributed by atoms with Gasteiger partial charge >= 0.3 is 0 Å². The first-order valence-electron chi connectivity index (χ1n) is 8.28. The third-order valence-electron chi connectivity index (χ3n) is 4.50. The molecule has 0 saturated carbocycles. The van der Waals surface area contributed by atoms with Crippen molar-refractivity contribution < 1.29 is 9.59 Å². The molecule has 8 heteroatoms. The van der Waals surface area contributed by atoms with Gasteiger partial charge in [-0.05, 0) is 42.5 Å². The lowest BCUT2D eigenvalue weighted by molar-refractivity contribution is -0.121. The van der Waals surface area contributed by atoms with Gasteiger partial charge in [-0.15, -0.1) is 0 Å². The number of thiophene rings is 1. The van der Waals surface area contributed by atoms with Crippen LogP contribution in [0.15, 0.2) is 35.0 Å². The summed E-state index contributed by atoms with van der Waals surface area (Å²) in [5.74, 6) is -0.0805. The molecule has 1 aliphatic heterocycles. The number of aromatic nitrogens is 1. The Kier molecular flexibility index (Phi) is 4.93. The lowest BCUT2D eigenvalue weighted by Crippen LogP contribution is -2.41. The van der Waals surface area contributed by atoms with E-state index in [0.29, 0.717) is 36.1 Å². The van der Waals surface area contributed by atoms with Crippen molar-refractivity contribution >= 4 is 61.4 Å². The second-order valence-electron chi connectivity index (χ2n) is 6.20. The Morgan fingerprint density at radius 1 is 1.23 bits per heavy atom. The minimum absolute atomic E-state index is 0.0298. The molecule has 3 heterocycles. The normalized spacial score (nSPS) is 15.3. The van der Waals surface area contributed by atoms with Crippen LogP contribution in [0.1, 0.15) is 23.2 Å². The van der Waals surface area contributed by atoms with Gasteiger partial charge in [-0.1, -0.05) is 22.9 Å². The largest absolute Gasteiger partial charge is 0.339 e. The van der Waals surface area contributed by atoms with Gasteiger partial charge in [0, 0.05) is 29.4 Å². The molecule has 2 aromatic heterocycles. The number of anilines is 1. The molecule has 2 amide bonds. The smallest absolute Gasteiger partial charge is 0.254 e. The summed E-state index contributed by atoms with van der Waals surface area (Å²) in [6.45, 7) is 1.20. The zero-order chi connectivity index (χ0) is 18.1. The first kappa shape index (κ1) is 17.5. The lowest BCUT2D eigenvalue weighted by atomic mass is 9.95. The van der Waals surface area contributed by atoms with E-state index in [1.54, 1.807) is 6.07 Å². The molecule has 1 aromatic carbocycles. The van der Waals surface area contributed by atoms with Gasteiger partial charge in [0.15, 0.2) is 5.13 Å². The molecule has 0 bridgehead atoms. The highest BCUT2D eigenvalue weighted by molar-refractivity contribution is 7.22. The number of carbonyl (C=O) groups is 2. The van der Waals surface area contributed by atoms with Gasteiger partial charge < -0.3 is 10.2 Å².